The molecule has 2 rings (SSSR count). The van der Waals surface area contributed by atoms with Gasteiger partial charge in [0.25, 0.3) is 0 Å². The molecule has 4 heteroatoms. The Kier molecular flexibility index (Phi) is 5.80. The molecule has 0 atom stereocenters. The molecule has 0 amide bonds. The number of nitrogens with one attached hydrogen (secondary N) is 1. The van der Waals surface area contributed by atoms with E-state index in [9.17, 15) is 0 Å². The van der Waals surface area contributed by atoms with E-state index in [0.717, 1.165) is 44.9 Å². The van der Waals surface area contributed by atoms with Gasteiger partial charge >= 0.3 is 0 Å². The third-order valence-electron chi connectivity index (χ3n) is 3.69. The van der Waals surface area contributed by atoms with Gasteiger partial charge in [0.2, 0.25) is 0 Å². The highest BCUT2D eigenvalue weighted by molar-refractivity contribution is 5.39. The molecule has 4 nitrogen and oxygen atoms in total. The summed E-state index contributed by atoms with van der Waals surface area (Å²) >= 11 is 0. The first-order valence-corrected chi connectivity index (χ1v) is 7.74. The number of rotatable bonds is 6. The Morgan fingerprint density at radius 1 is 1.35 bits per heavy atom. The molecule has 0 aliphatic carbocycles. The number of aromatic nitrogens is 1. The second kappa shape index (κ2) is 7.60. The summed E-state index contributed by atoms with van der Waals surface area (Å²) in [5, 5.41) is 3.41. The summed E-state index contributed by atoms with van der Waals surface area (Å²) in [7, 11) is 0. The number of anilines is 1. The minimum atomic E-state index is 0.436. The van der Waals surface area contributed by atoms with Crippen LogP contribution in [0.5, 0.6) is 0 Å². The van der Waals surface area contributed by atoms with Crippen LogP contribution in [-0.2, 0) is 11.3 Å². The number of hydrogen-bond donors (Lipinski definition) is 1. The van der Waals surface area contributed by atoms with Crippen molar-refractivity contribution in [3.63, 3.8) is 0 Å². The summed E-state index contributed by atoms with van der Waals surface area (Å²) in [5.74, 6) is 1.09. The van der Waals surface area contributed by atoms with Gasteiger partial charge in [-0.05, 0) is 31.4 Å². The first-order chi connectivity index (χ1) is 9.69. The molecule has 1 aliphatic heterocycles. The Morgan fingerprint density at radius 3 is 2.65 bits per heavy atom. The molecule has 1 aliphatic rings. The zero-order chi connectivity index (χ0) is 14.4. The predicted molar refractivity (Wildman–Crippen MR) is 83.1 cm³/mol. The van der Waals surface area contributed by atoms with Crippen LogP contribution in [0.3, 0.4) is 0 Å². The van der Waals surface area contributed by atoms with Crippen molar-refractivity contribution in [3.8, 4) is 0 Å². The lowest BCUT2D eigenvalue weighted by atomic mass is 10.1. The van der Waals surface area contributed by atoms with Gasteiger partial charge in [-0.3, -0.25) is 0 Å². The quantitative estimate of drug-likeness (QED) is 0.867. The van der Waals surface area contributed by atoms with Gasteiger partial charge in [0.15, 0.2) is 0 Å². The van der Waals surface area contributed by atoms with Crippen LogP contribution >= 0.6 is 0 Å². The molecule has 0 aromatic carbocycles. The maximum Gasteiger partial charge on any atom is 0.128 e. The van der Waals surface area contributed by atoms with Crippen LogP contribution in [0.2, 0.25) is 0 Å². The summed E-state index contributed by atoms with van der Waals surface area (Å²) in [6, 6.07) is 4.82. The van der Waals surface area contributed by atoms with Crippen molar-refractivity contribution in [3.05, 3.63) is 23.9 Å². The molecular weight excluding hydrogens is 250 g/mol. The van der Waals surface area contributed by atoms with E-state index in [-0.39, 0.29) is 0 Å². The molecule has 0 unspecified atom stereocenters. The Bertz CT molecular complexity index is 383. The highest BCUT2D eigenvalue weighted by atomic mass is 16.5. The number of pyridine rings is 1. The lowest BCUT2D eigenvalue weighted by Crippen LogP contribution is -2.37. The third-order valence-corrected chi connectivity index (χ3v) is 3.69. The summed E-state index contributed by atoms with van der Waals surface area (Å²) in [6.45, 7) is 10.2. The van der Waals surface area contributed by atoms with Crippen LogP contribution in [0.25, 0.3) is 0 Å². The Hall–Kier alpha value is -1.13. The van der Waals surface area contributed by atoms with E-state index in [0.29, 0.717) is 12.1 Å². The third kappa shape index (κ3) is 4.46. The highest BCUT2D eigenvalue weighted by Crippen LogP contribution is 2.19. The Morgan fingerprint density at radius 2 is 2.10 bits per heavy atom. The monoisotopic (exact) mass is 277 g/mol. The fraction of sp³-hybridized carbons (Fsp3) is 0.688. The molecule has 0 bridgehead atoms. The summed E-state index contributed by atoms with van der Waals surface area (Å²) in [4.78, 5) is 6.95. The van der Waals surface area contributed by atoms with Crippen molar-refractivity contribution in [2.45, 2.75) is 52.3 Å². The zero-order valence-electron chi connectivity index (χ0n) is 12.9. The van der Waals surface area contributed by atoms with E-state index in [2.05, 4.69) is 48.1 Å². The predicted octanol–water partition coefficient (Wildman–Crippen LogP) is 2.58. The molecule has 112 valence electrons. The van der Waals surface area contributed by atoms with E-state index >= 15 is 0 Å². The molecule has 0 radical (unpaired) electrons. The van der Waals surface area contributed by atoms with Gasteiger partial charge < -0.3 is 15.0 Å². The lowest BCUT2D eigenvalue weighted by molar-refractivity contribution is 0.0458. The zero-order valence-corrected chi connectivity index (χ0v) is 12.9. The first kappa shape index (κ1) is 15.3. The van der Waals surface area contributed by atoms with Gasteiger partial charge in [-0.1, -0.05) is 19.9 Å². The molecule has 1 fully saturated rings. The van der Waals surface area contributed by atoms with Crippen LogP contribution in [0, 0.1) is 0 Å². The van der Waals surface area contributed by atoms with Gasteiger partial charge in [-0.25, -0.2) is 4.98 Å². The molecule has 0 saturated carbocycles. The smallest absolute Gasteiger partial charge is 0.128 e. The maximum atomic E-state index is 5.69. The van der Waals surface area contributed by atoms with Gasteiger partial charge in [0.1, 0.15) is 5.82 Å². The fourth-order valence-electron chi connectivity index (χ4n) is 2.52. The normalized spacial score (nSPS) is 16.9. The minimum Gasteiger partial charge on any atom is -0.378 e. The second-order valence-corrected chi connectivity index (χ2v) is 5.70. The number of ether oxygens (including phenoxy) is 1. The molecule has 20 heavy (non-hydrogen) atoms. The van der Waals surface area contributed by atoms with Crippen molar-refractivity contribution in [1.29, 1.82) is 0 Å². The number of hydrogen-bond acceptors (Lipinski definition) is 4. The van der Waals surface area contributed by atoms with Crippen LogP contribution in [0.1, 0.15) is 39.2 Å². The Labute approximate surface area is 122 Å². The molecule has 0 spiro atoms. The van der Waals surface area contributed by atoms with Crippen molar-refractivity contribution in [2.75, 3.05) is 24.6 Å². The average molecular weight is 277 g/mol. The summed E-state index contributed by atoms with van der Waals surface area (Å²) in [5.41, 5.74) is 1.24. The van der Waals surface area contributed by atoms with Crippen molar-refractivity contribution in [2.24, 2.45) is 0 Å². The summed E-state index contributed by atoms with van der Waals surface area (Å²) < 4.78 is 5.69. The molecule has 1 aromatic heterocycles. The number of piperidine rings is 1. The number of nitrogens with zero attached hydrogens (tertiary/aromatic N) is 2. The van der Waals surface area contributed by atoms with Gasteiger partial charge in [0.05, 0.1) is 6.10 Å². The van der Waals surface area contributed by atoms with E-state index in [1.165, 1.54) is 5.56 Å². The van der Waals surface area contributed by atoms with E-state index in [4.69, 9.17) is 4.74 Å². The largest absolute Gasteiger partial charge is 0.378 e. The highest BCUT2D eigenvalue weighted by Gasteiger charge is 2.19. The van der Waals surface area contributed by atoms with Crippen molar-refractivity contribution < 1.29 is 4.74 Å². The van der Waals surface area contributed by atoms with Gasteiger partial charge in [0, 0.05) is 38.5 Å². The molecular formula is C16H27N3O. The van der Waals surface area contributed by atoms with Gasteiger partial charge in [-0.2, -0.15) is 0 Å². The van der Waals surface area contributed by atoms with E-state index in [1.807, 2.05) is 6.20 Å². The standard InChI is InChI=1S/C16H27N3O/c1-4-20-15-7-9-19(10-8-15)16-6-5-14(12-18-16)11-17-13(2)3/h5-6,12-13,15,17H,4,7-11H2,1-3H3. The van der Waals surface area contributed by atoms with Gasteiger partial charge in [-0.15, -0.1) is 0 Å². The second-order valence-electron chi connectivity index (χ2n) is 5.70. The van der Waals surface area contributed by atoms with Crippen molar-refractivity contribution >= 4 is 5.82 Å². The summed E-state index contributed by atoms with van der Waals surface area (Å²) in [6.07, 6.45) is 4.63. The molecule has 1 N–H and O–H groups in total. The topological polar surface area (TPSA) is 37.4 Å². The van der Waals surface area contributed by atoms with Crippen molar-refractivity contribution in [1.82, 2.24) is 10.3 Å². The molecule has 1 aromatic rings. The Balaban J connectivity index is 1.84. The van der Waals surface area contributed by atoms with Crippen LogP contribution in [-0.4, -0.2) is 36.8 Å². The minimum absolute atomic E-state index is 0.436. The molecule has 2 heterocycles. The van der Waals surface area contributed by atoms with Crippen LogP contribution in [0.15, 0.2) is 18.3 Å². The lowest BCUT2D eigenvalue weighted by Gasteiger charge is -2.32. The fourth-order valence-corrected chi connectivity index (χ4v) is 2.52. The van der Waals surface area contributed by atoms with Crippen LogP contribution in [0.4, 0.5) is 5.82 Å². The molecule has 1 saturated heterocycles. The maximum absolute atomic E-state index is 5.69. The van der Waals surface area contributed by atoms with Crippen LogP contribution < -0.4 is 10.2 Å². The van der Waals surface area contributed by atoms with E-state index in [1.54, 1.807) is 0 Å². The average Bonchev–Trinajstić information content (AvgIpc) is 2.47. The van der Waals surface area contributed by atoms with E-state index < -0.39 is 0 Å². The SMILES string of the molecule is CCOC1CCN(c2ccc(CNC(C)C)cn2)CC1. The first-order valence-electron chi connectivity index (χ1n) is 7.74.